The topological polar surface area (TPSA) is 85.8 Å². The molecule has 1 aromatic rings. The van der Waals surface area contributed by atoms with Crippen molar-refractivity contribution in [3.05, 3.63) is 35.9 Å². The Bertz CT molecular complexity index is 612. The number of amides is 3. The maximum atomic E-state index is 11.6. The van der Waals surface area contributed by atoms with Gasteiger partial charge in [0.15, 0.2) is 5.96 Å². The number of hydrogen-bond acceptors (Lipinski definition) is 3. The van der Waals surface area contributed by atoms with Crippen LogP contribution in [0.5, 0.6) is 0 Å². The van der Waals surface area contributed by atoms with Gasteiger partial charge in [0.25, 0.3) is 0 Å². The molecular formula is C18H27N5O2. The summed E-state index contributed by atoms with van der Waals surface area (Å²) in [7, 11) is 0. The van der Waals surface area contributed by atoms with Gasteiger partial charge in [-0.3, -0.25) is 14.7 Å². The van der Waals surface area contributed by atoms with E-state index in [-0.39, 0.29) is 23.9 Å². The molecule has 3 amide bonds. The lowest BCUT2D eigenvalue weighted by Crippen LogP contribution is -2.43. The summed E-state index contributed by atoms with van der Waals surface area (Å²) in [6.45, 7) is 8.52. The molecule has 0 radical (unpaired) electrons. The third-order valence-electron chi connectivity index (χ3n) is 4.10. The van der Waals surface area contributed by atoms with E-state index in [9.17, 15) is 9.59 Å². The van der Waals surface area contributed by atoms with Crippen LogP contribution in [0, 0.1) is 0 Å². The number of aliphatic imine (C=N–C) groups is 1. The SMILES string of the molecule is CCNC(=NCC(C)(C)c1ccccc1)NCCN1C(=O)CNC1=O. The second kappa shape index (κ2) is 8.50. The zero-order valence-corrected chi connectivity index (χ0v) is 15.1. The predicted molar refractivity (Wildman–Crippen MR) is 98.6 cm³/mol. The fourth-order valence-electron chi connectivity index (χ4n) is 2.57. The number of benzene rings is 1. The largest absolute Gasteiger partial charge is 0.357 e. The summed E-state index contributed by atoms with van der Waals surface area (Å²) >= 11 is 0. The van der Waals surface area contributed by atoms with Gasteiger partial charge in [0.2, 0.25) is 5.91 Å². The molecule has 1 aromatic carbocycles. The molecule has 1 aliphatic heterocycles. The van der Waals surface area contributed by atoms with Gasteiger partial charge in [0.1, 0.15) is 0 Å². The van der Waals surface area contributed by atoms with Gasteiger partial charge in [-0.1, -0.05) is 44.2 Å². The first-order valence-electron chi connectivity index (χ1n) is 8.60. The third-order valence-corrected chi connectivity index (χ3v) is 4.10. The lowest BCUT2D eigenvalue weighted by atomic mass is 9.85. The van der Waals surface area contributed by atoms with Gasteiger partial charge in [-0.15, -0.1) is 0 Å². The summed E-state index contributed by atoms with van der Waals surface area (Å²) in [5.74, 6) is 0.484. The first-order valence-corrected chi connectivity index (χ1v) is 8.60. The van der Waals surface area contributed by atoms with Crippen molar-refractivity contribution in [3.63, 3.8) is 0 Å². The summed E-state index contributed by atoms with van der Waals surface area (Å²) in [5, 5.41) is 8.88. The molecule has 7 nitrogen and oxygen atoms in total. The number of urea groups is 1. The highest BCUT2D eigenvalue weighted by atomic mass is 16.2. The Hall–Kier alpha value is -2.57. The molecule has 0 saturated carbocycles. The third kappa shape index (κ3) is 5.20. The van der Waals surface area contributed by atoms with E-state index in [1.54, 1.807) is 0 Å². The first-order chi connectivity index (χ1) is 11.9. The van der Waals surface area contributed by atoms with Crippen molar-refractivity contribution >= 4 is 17.9 Å². The summed E-state index contributed by atoms with van der Waals surface area (Å²) in [6.07, 6.45) is 0. The van der Waals surface area contributed by atoms with Crippen LogP contribution in [0.4, 0.5) is 4.79 Å². The normalized spacial score (nSPS) is 15.3. The van der Waals surface area contributed by atoms with E-state index in [1.807, 2.05) is 25.1 Å². The van der Waals surface area contributed by atoms with E-state index >= 15 is 0 Å². The van der Waals surface area contributed by atoms with Crippen LogP contribution in [-0.4, -0.2) is 55.5 Å². The molecule has 1 fully saturated rings. The molecule has 0 aromatic heterocycles. The van der Waals surface area contributed by atoms with Crippen LogP contribution in [0.1, 0.15) is 26.3 Å². The zero-order chi connectivity index (χ0) is 18.3. The summed E-state index contributed by atoms with van der Waals surface area (Å²) in [6, 6.07) is 9.94. The van der Waals surface area contributed by atoms with Gasteiger partial charge < -0.3 is 16.0 Å². The fourth-order valence-corrected chi connectivity index (χ4v) is 2.57. The number of carbonyl (C=O) groups excluding carboxylic acids is 2. The van der Waals surface area contributed by atoms with Crippen molar-refractivity contribution < 1.29 is 9.59 Å². The Morgan fingerprint density at radius 1 is 1.24 bits per heavy atom. The smallest absolute Gasteiger partial charge is 0.324 e. The van der Waals surface area contributed by atoms with E-state index in [0.29, 0.717) is 25.6 Å². The summed E-state index contributed by atoms with van der Waals surface area (Å²) < 4.78 is 0. The zero-order valence-electron chi connectivity index (χ0n) is 15.1. The van der Waals surface area contributed by atoms with Gasteiger partial charge in [-0.2, -0.15) is 0 Å². The lowest BCUT2D eigenvalue weighted by molar-refractivity contribution is -0.124. The van der Waals surface area contributed by atoms with Crippen molar-refractivity contribution in [1.82, 2.24) is 20.9 Å². The number of rotatable bonds is 7. The van der Waals surface area contributed by atoms with E-state index in [1.165, 1.54) is 10.5 Å². The van der Waals surface area contributed by atoms with Gasteiger partial charge >= 0.3 is 6.03 Å². The van der Waals surface area contributed by atoms with Crippen LogP contribution < -0.4 is 16.0 Å². The number of carbonyl (C=O) groups is 2. The van der Waals surface area contributed by atoms with E-state index in [4.69, 9.17) is 0 Å². The number of nitrogens with zero attached hydrogens (tertiary/aromatic N) is 2. The Morgan fingerprint density at radius 2 is 1.96 bits per heavy atom. The van der Waals surface area contributed by atoms with Gasteiger partial charge in [0.05, 0.1) is 13.1 Å². The quantitative estimate of drug-likeness (QED) is 0.392. The molecule has 0 unspecified atom stereocenters. The van der Waals surface area contributed by atoms with E-state index in [0.717, 1.165) is 6.54 Å². The van der Waals surface area contributed by atoms with Crippen LogP contribution >= 0.6 is 0 Å². The fraction of sp³-hybridized carbons (Fsp3) is 0.500. The second-order valence-electron chi connectivity index (χ2n) is 6.58. The highest BCUT2D eigenvalue weighted by Gasteiger charge is 2.27. The highest BCUT2D eigenvalue weighted by molar-refractivity contribution is 6.01. The Morgan fingerprint density at radius 3 is 2.56 bits per heavy atom. The average molecular weight is 345 g/mol. The molecule has 7 heteroatoms. The second-order valence-corrected chi connectivity index (χ2v) is 6.58. The lowest BCUT2D eigenvalue weighted by Gasteiger charge is -2.24. The molecule has 0 aliphatic carbocycles. The van der Waals surface area contributed by atoms with Crippen molar-refractivity contribution in [2.45, 2.75) is 26.2 Å². The van der Waals surface area contributed by atoms with Crippen molar-refractivity contribution in [3.8, 4) is 0 Å². The summed E-state index contributed by atoms with van der Waals surface area (Å²) in [5.41, 5.74) is 1.14. The molecule has 1 heterocycles. The molecule has 136 valence electrons. The number of imide groups is 1. The van der Waals surface area contributed by atoms with Crippen LogP contribution in [0.3, 0.4) is 0 Å². The number of nitrogens with one attached hydrogen (secondary N) is 3. The minimum atomic E-state index is -0.334. The minimum absolute atomic E-state index is 0.0816. The Balaban J connectivity index is 1.91. The minimum Gasteiger partial charge on any atom is -0.357 e. The molecule has 25 heavy (non-hydrogen) atoms. The van der Waals surface area contributed by atoms with Crippen molar-refractivity contribution in [2.75, 3.05) is 32.7 Å². The molecule has 0 bridgehead atoms. The van der Waals surface area contributed by atoms with Crippen molar-refractivity contribution in [1.29, 1.82) is 0 Å². The predicted octanol–water partition coefficient (Wildman–Crippen LogP) is 1.07. The van der Waals surface area contributed by atoms with Crippen molar-refractivity contribution in [2.24, 2.45) is 4.99 Å². The highest BCUT2D eigenvalue weighted by Crippen LogP contribution is 2.22. The maximum absolute atomic E-state index is 11.6. The monoisotopic (exact) mass is 345 g/mol. The van der Waals surface area contributed by atoms with Gasteiger partial charge in [-0.05, 0) is 12.5 Å². The first kappa shape index (κ1) is 18.8. The van der Waals surface area contributed by atoms with Crippen LogP contribution in [0.15, 0.2) is 35.3 Å². The van der Waals surface area contributed by atoms with Crippen LogP contribution in [0.2, 0.25) is 0 Å². The molecule has 0 atom stereocenters. The average Bonchev–Trinajstić information content (AvgIpc) is 2.92. The number of guanidine groups is 1. The van der Waals surface area contributed by atoms with Gasteiger partial charge in [-0.25, -0.2) is 4.79 Å². The Labute approximate surface area is 148 Å². The summed E-state index contributed by atoms with van der Waals surface area (Å²) in [4.78, 5) is 29.0. The molecule has 0 spiro atoms. The molecule has 3 N–H and O–H groups in total. The van der Waals surface area contributed by atoms with Crippen LogP contribution in [0.25, 0.3) is 0 Å². The standard InChI is InChI=1S/C18H27N5O2/c1-4-19-16(20-10-11-23-15(24)12-21-17(23)25)22-13-18(2,3)14-8-6-5-7-9-14/h5-9H,4,10-13H2,1-3H3,(H,21,25)(H2,19,20,22). The van der Waals surface area contributed by atoms with E-state index in [2.05, 4.69) is 46.9 Å². The number of hydrogen-bond donors (Lipinski definition) is 3. The molecular weight excluding hydrogens is 318 g/mol. The molecule has 1 saturated heterocycles. The molecule has 2 rings (SSSR count). The molecule has 1 aliphatic rings. The van der Waals surface area contributed by atoms with E-state index < -0.39 is 0 Å². The maximum Gasteiger partial charge on any atom is 0.324 e. The Kier molecular flexibility index (Phi) is 6.38. The van der Waals surface area contributed by atoms with Gasteiger partial charge in [0, 0.05) is 25.0 Å². The van der Waals surface area contributed by atoms with Crippen LogP contribution in [-0.2, 0) is 10.2 Å².